The Morgan fingerprint density at radius 1 is 1.00 bits per heavy atom. The molecule has 0 aromatic heterocycles. The van der Waals surface area contributed by atoms with Gasteiger partial charge < -0.3 is 5.32 Å². The third-order valence-electron chi connectivity index (χ3n) is 5.80. The summed E-state index contributed by atoms with van der Waals surface area (Å²) in [7, 11) is -3.75. The summed E-state index contributed by atoms with van der Waals surface area (Å²) in [6, 6.07) is 13.6. The molecular formula is C21H24N2O3S. The van der Waals surface area contributed by atoms with E-state index < -0.39 is 10.0 Å². The number of nitrogens with one attached hydrogen (secondary N) is 2. The average Bonchev–Trinajstić information content (AvgIpc) is 3.25. The molecule has 5 nitrogen and oxygen atoms in total. The monoisotopic (exact) mass is 384 g/mol. The highest BCUT2D eigenvalue weighted by atomic mass is 32.2. The van der Waals surface area contributed by atoms with Gasteiger partial charge in [-0.2, -0.15) is 0 Å². The van der Waals surface area contributed by atoms with Crippen molar-refractivity contribution in [3.05, 3.63) is 59.7 Å². The second-order valence-electron chi connectivity index (χ2n) is 7.72. The van der Waals surface area contributed by atoms with Crippen molar-refractivity contribution in [1.82, 2.24) is 5.32 Å². The maximum absolute atomic E-state index is 12.8. The highest BCUT2D eigenvalue weighted by Gasteiger charge is 2.40. The van der Waals surface area contributed by atoms with Crippen LogP contribution in [0.2, 0.25) is 0 Å². The number of anilines is 1. The molecule has 142 valence electrons. The normalized spacial score (nSPS) is 24.0. The standard InChI is InChI=1S/C21H24N2O3S/c1-14-6-10-17(11-7-14)27(25,26)23-19-5-3-2-4-18(19)21(24)22-20-13-15-8-9-16(20)12-15/h2-7,10-11,15-16,20,23H,8-9,12-13H2,1H3,(H,22,24)/t15-,16+,20+/m0/s1. The number of benzene rings is 2. The maximum atomic E-state index is 12.8. The smallest absolute Gasteiger partial charge is 0.261 e. The quantitative estimate of drug-likeness (QED) is 0.825. The van der Waals surface area contributed by atoms with Crippen LogP contribution in [0, 0.1) is 18.8 Å². The minimum absolute atomic E-state index is 0.177. The molecule has 4 rings (SSSR count). The molecule has 2 saturated carbocycles. The molecule has 0 unspecified atom stereocenters. The minimum atomic E-state index is -3.75. The van der Waals surface area contributed by atoms with Gasteiger partial charge in [0.05, 0.1) is 16.1 Å². The molecule has 27 heavy (non-hydrogen) atoms. The third kappa shape index (κ3) is 3.72. The molecule has 0 saturated heterocycles. The summed E-state index contributed by atoms with van der Waals surface area (Å²) in [5, 5.41) is 3.13. The van der Waals surface area contributed by atoms with E-state index in [1.54, 1.807) is 48.5 Å². The molecule has 2 aromatic carbocycles. The Hall–Kier alpha value is -2.34. The first-order chi connectivity index (χ1) is 12.9. The van der Waals surface area contributed by atoms with Crippen molar-refractivity contribution in [2.24, 2.45) is 11.8 Å². The number of carbonyl (C=O) groups excluding carboxylic acids is 1. The summed E-state index contributed by atoms with van der Waals surface area (Å²) >= 11 is 0. The lowest BCUT2D eigenvalue weighted by Gasteiger charge is -2.23. The van der Waals surface area contributed by atoms with Gasteiger partial charge in [-0.15, -0.1) is 0 Å². The second-order valence-corrected chi connectivity index (χ2v) is 9.40. The molecule has 0 heterocycles. The lowest BCUT2D eigenvalue weighted by atomic mass is 9.95. The van der Waals surface area contributed by atoms with Gasteiger partial charge in [-0.3, -0.25) is 9.52 Å². The van der Waals surface area contributed by atoms with Crippen LogP contribution < -0.4 is 10.0 Å². The Kier molecular flexibility index (Phi) is 4.68. The van der Waals surface area contributed by atoms with Crippen molar-refractivity contribution < 1.29 is 13.2 Å². The van der Waals surface area contributed by atoms with Crippen LogP contribution in [0.5, 0.6) is 0 Å². The summed E-state index contributed by atoms with van der Waals surface area (Å²) in [6.45, 7) is 1.90. The van der Waals surface area contributed by atoms with Crippen molar-refractivity contribution >= 4 is 21.6 Å². The first kappa shape index (κ1) is 18.0. The highest BCUT2D eigenvalue weighted by Crippen LogP contribution is 2.44. The molecule has 1 amide bonds. The summed E-state index contributed by atoms with van der Waals surface area (Å²) in [5.74, 6) is 1.08. The van der Waals surface area contributed by atoms with Gasteiger partial charge in [-0.1, -0.05) is 36.2 Å². The molecule has 2 N–H and O–H groups in total. The molecule has 0 aliphatic heterocycles. The van der Waals surface area contributed by atoms with Crippen LogP contribution in [0.1, 0.15) is 41.6 Å². The highest BCUT2D eigenvalue weighted by molar-refractivity contribution is 7.92. The molecular weight excluding hydrogens is 360 g/mol. The molecule has 0 radical (unpaired) electrons. The van der Waals surface area contributed by atoms with E-state index in [1.807, 2.05) is 6.92 Å². The lowest BCUT2D eigenvalue weighted by Crippen LogP contribution is -2.38. The number of amides is 1. The van der Waals surface area contributed by atoms with Crippen molar-refractivity contribution in [3.8, 4) is 0 Å². The third-order valence-corrected chi connectivity index (χ3v) is 7.18. The average molecular weight is 385 g/mol. The number of carbonyl (C=O) groups is 1. The summed E-state index contributed by atoms with van der Waals surface area (Å²) in [4.78, 5) is 13.0. The van der Waals surface area contributed by atoms with Crippen molar-refractivity contribution in [3.63, 3.8) is 0 Å². The number of fused-ring (bicyclic) bond motifs is 2. The molecule has 3 atom stereocenters. The zero-order chi connectivity index (χ0) is 19.0. The molecule has 2 aliphatic carbocycles. The van der Waals surface area contributed by atoms with Crippen LogP contribution in [-0.2, 0) is 10.0 Å². The van der Waals surface area contributed by atoms with E-state index in [0.717, 1.165) is 17.9 Å². The Balaban J connectivity index is 1.54. The van der Waals surface area contributed by atoms with Crippen LogP contribution in [-0.4, -0.2) is 20.4 Å². The number of para-hydroxylation sites is 1. The number of aryl methyl sites for hydroxylation is 1. The van der Waals surface area contributed by atoms with Crippen LogP contribution in [0.3, 0.4) is 0 Å². The minimum Gasteiger partial charge on any atom is -0.349 e. The zero-order valence-electron chi connectivity index (χ0n) is 15.3. The SMILES string of the molecule is Cc1ccc(S(=O)(=O)Nc2ccccc2C(=O)N[C@@H]2C[C@H]3CC[C@@H]2C3)cc1. The number of rotatable bonds is 5. The maximum Gasteiger partial charge on any atom is 0.261 e. The Morgan fingerprint density at radius 3 is 2.41 bits per heavy atom. The van der Waals surface area contributed by atoms with Gasteiger partial charge in [-0.05, 0) is 62.3 Å². The molecule has 2 fully saturated rings. The fraction of sp³-hybridized carbons (Fsp3) is 0.381. The fourth-order valence-corrected chi connectivity index (χ4v) is 5.44. The molecule has 2 aliphatic rings. The number of hydrogen-bond acceptors (Lipinski definition) is 3. The van der Waals surface area contributed by atoms with E-state index in [0.29, 0.717) is 17.2 Å². The van der Waals surface area contributed by atoms with Gasteiger partial charge in [-0.25, -0.2) is 8.42 Å². The van der Waals surface area contributed by atoms with Gasteiger partial charge in [0.1, 0.15) is 0 Å². The van der Waals surface area contributed by atoms with Gasteiger partial charge in [0, 0.05) is 6.04 Å². The predicted octanol–water partition coefficient (Wildman–Crippen LogP) is 3.71. The fourth-order valence-electron chi connectivity index (χ4n) is 4.36. The Morgan fingerprint density at radius 2 is 1.74 bits per heavy atom. The van der Waals surface area contributed by atoms with E-state index >= 15 is 0 Å². The number of hydrogen-bond donors (Lipinski definition) is 2. The zero-order valence-corrected chi connectivity index (χ0v) is 16.1. The molecule has 6 heteroatoms. The first-order valence-corrected chi connectivity index (χ1v) is 10.9. The largest absolute Gasteiger partial charge is 0.349 e. The second kappa shape index (κ2) is 7.00. The van der Waals surface area contributed by atoms with E-state index in [2.05, 4.69) is 10.0 Å². The van der Waals surface area contributed by atoms with Gasteiger partial charge in [0.25, 0.3) is 15.9 Å². The van der Waals surface area contributed by atoms with Gasteiger partial charge in [0.2, 0.25) is 0 Å². The lowest BCUT2D eigenvalue weighted by molar-refractivity contribution is 0.0924. The van der Waals surface area contributed by atoms with Crippen molar-refractivity contribution in [1.29, 1.82) is 0 Å². The topological polar surface area (TPSA) is 75.3 Å². The van der Waals surface area contributed by atoms with Crippen LogP contribution in [0.25, 0.3) is 0 Å². The summed E-state index contributed by atoms with van der Waals surface area (Å²) in [6.07, 6.45) is 4.68. The Bertz CT molecular complexity index is 954. The predicted molar refractivity (Wildman–Crippen MR) is 105 cm³/mol. The summed E-state index contributed by atoms with van der Waals surface area (Å²) in [5.41, 5.74) is 1.65. The van der Waals surface area contributed by atoms with Crippen LogP contribution >= 0.6 is 0 Å². The van der Waals surface area contributed by atoms with Crippen molar-refractivity contribution in [2.45, 2.75) is 43.5 Å². The van der Waals surface area contributed by atoms with Gasteiger partial charge in [0.15, 0.2) is 0 Å². The van der Waals surface area contributed by atoms with Gasteiger partial charge >= 0.3 is 0 Å². The van der Waals surface area contributed by atoms with Crippen molar-refractivity contribution in [2.75, 3.05) is 4.72 Å². The van der Waals surface area contributed by atoms with Crippen LogP contribution in [0.4, 0.5) is 5.69 Å². The summed E-state index contributed by atoms with van der Waals surface area (Å²) < 4.78 is 28.0. The van der Waals surface area contributed by atoms with Crippen LogP contribution in [0.15, 0.2) is 53.4 Å². The number of sulfonamides is 1. The van der Waals surface area contributed by atoms with E-state index in [9.17, 15) is 13.2 Å². The van der Waals surface area contributed by atoms with E-state index in [-0.39, 0.29) is 16.8 Å². The molecule has 2 bridgehead atoms. The Labute approximate surface area is 160 Å². The molecule has 2 aromatic rings. The van der Waals surface area contributed by atoms with E-state index in [1.165, 1.54) is 19.3 Å². The first-order valence-electron chi connectivity index (χ1n) is 9.42. The molecule has 0 spiro atoms. The van der Waals surface area contributed by atoms with E-state index in [4.69, 9.17) is 0 Å².